The molecule has 0 bridgehead atoms. The molecule has 0 radical (unpaired) electrons. The van der Waals surface area contributed by atoms with Crippen molar-refractivity contribution in [2.75, 3.05) is 26.5 Å². The van der Waals surface area contributed by atoms with E-state index in [2.05, 4.69) is 20.4 Å². The molecule has 0 aliphatic carbocycles. The number of sulfone groups is 1. The van der Waals surface area contributed by atoms with E-state index in [1.54, 1.807) is 43.4 Å². The van der Waals surface area contributed by atoms with Crippen LogP contribution in [0.5, 0.6) is 5.75 Å². The molecule has 0 unspecified atom stereocenters. The molecular weight excluding hydrogens is 419 g/mol. The molecule has 0 aromatic heterocycles. The van der Waals surface area contributed by atoms with Crippen LogP contribution in [0.4, 0.5) is 13.2 Å². The van der Waals surface area contributed by atoms with Gasteiger partial charge in [0, 0.05) is 26.4 Å². The quantitative estimate of drug-likeness (QED) is 0.485. The molecule has 0 spiro atoms. The topological polar surface area (TPSA) is 79.8 Å². The Morgan fingerprint density at radius 3 is 2.13 bits per heavy atom. The van der Waals surface area contributed by atoms with E-state index in [0.717, 1.165) is 11.1 Å². The fourth-order valence-electron chi connectivity index (χ4n) is 2.50. The molecule has 2 aromatic carbocycles. The van der Waals surface area contributed by atoms with Gasteiger partial charge in [0.2, 0.25) is 0 Å². The lowest BCUT2D eigenvalue weighted by atomic mass is 10.1. The summed E-state index contributed by atoms with van der Waals surface area (Å²) in [5, 5.41) is 6.27. The zero-order chi connectivity index (χ0) is 22.2. The van der Waals surface area contributed by atoms with Crippen molar-refractivity contribution in [2.24, 2.45) is 4.99 Å². The van der Waals surface area contributed by atoms with Crippen molar-refractivity contribution in [1.29, 1.82) is 0 Å². The molecule has 2 aromatic rings. The lowest BCUT2D eigenvalue weighted by Gasteiger charge is -2.13. The van der Waals surface area contributed by atoms with Gasteiger partial charge in [-0.15, -0.1) is 0 Å². The number of nitrogens with one attached hydrogen (secondary N) is 2. The van der Waals surface area contributed by atoms with Crippen LogP contribution in [0.15, 0.2) is 58.4 Å². The van der Waals surface area contributed by atoms with Gasteiger partial charge in [-0.05, 0) is 41.8 Å². The van der Waals surface area contributed by atoms with Crippen molar-refractivity contribution in [1.82, 2.24) is 10.6 Å². The van der Waals surface area contributed by atoms with Gasteiger partial charge in [0.05, 0.1) is 4.90 Å². The molecule has 10 heteroatoms. The maximum absolute atomic E-state index is 12.2. The summed E-state index contributed by atoms with van der Waals surface area (Å²) in [5.74, 6) is 0.723. The zero-order valence-corrected chi connectivity index (χ0v) is 17.5. The highest BCUT2D eigenvalue weighted by atomic mass is 32.2. The summed E-state index contributed by atoms with van der Waals surface area (Å²) in [7, 11) is -1.58. The highest BCUT2D eigenvalue weighted by Crippen LogP contribution is 2.18. The minimum atomic E-state index is -4.37. The molecule has 0 amide bonds. The molecule has 2 N–H and O–H groups in total. The highest BCUT2D eigenvalue weighted by Gasteiger charge is 2.28. The molecule has 30 heavy (non-hydrogen) atoms. The Morgan fingerprint density at radius 2 is 1.60 bits per heavy atom. The van der Waals surface area contributed by atoms with Crippen molar-refractivity contribution in [3.05, 3.63) is 59.7 Å². The summed E-state index contributed by atoms with van der Waals surface area (Å²) in [6.45, 7) is -0.303. The molecule has 0 saturated carbocycles. The largest absolute Gasteiger partial charge is 0.484 e. The number of hydrogen-bond donors (Lipinski definition) is 2. The smallest absolute Gasteiger partial charge is 0.422 e. The maximum atomic E-state index is 12.2. The third kappa shape index (κ3) is 8.32. The van der Waals surface area contributed by atoms with Gasteiger partial charge >= 0.3 is 6.18 Å². The van der Waals surface area contributed by atoms with Crippen LogP contribution in [0.2, 0.25) is 0 Å². The van der Waals surface area contributed by atoms with Crippen molar-refractivity contribution in [3.8, 4) is 5.75 Å². The van der Waals surface area contributed by atoms with E-state index in [1.165, 1.54) is 18.4 Å². The van der Waals surface area contributed by atoms with Gasteiger partial charge in [0.25, 0.3) is 0 Å². The van der Waals surface area contributed by atoms with Crippen LogP contribution in [-0.4, -0.2) is 47.0 Å². The fourth-order valence-corrected chi connectivity index (χ4v) is 3.13. The standard InChI is InChI=1S/C20H24F3N3O3S/c1-24-19(25-12-11-15-5-9-18(10-6-15)30(2,27)28)26-13-16-3-7-17(8-4-16)29-14-20(21,22)23/h3-10H,11-14H2,1-2H3,(H2,24,25,26). The first-order valence-electron chi connectivity index (χ1n) is 9.09. The van der Waals surface area contributed by atoms with Crippen molar-refractivity contribution in [2.45, 2.75) is 24.0 Å². The Morgan fingerprint density at radius 1 is 1.00 bits per heavy atom. The number of halogens is 3. The van der Waals surface area contributed by atoms with Gasteiger partial charge in [-0.25, -0.2) is 8.42 Å². The molecule has 2 rings (SSSR count). The van der Waals surface area contributed by atoms with Crippen LogP contribution in [0, 0.1) is 0 Å². The van der Waals surface area contributed by atoms with Crippen LogP contribution >= 0.6 is 0 Å². The minimum absolute atomic E-state index is 0.153. The van der Waals surface area contributed by atoms with Crippen LogP contribution in [0.1, 0.15) is 11.1 Å². The Hall–Kier alpha value is -2.75. The van der Waals surface area contributed by atoms with Gasteiger partial charge in [0.1, 0.15) is 5.75 Å². The predicted molar refractivity (Wildman–Crippen MR) is 109 cm³/mol. The minimum Gasteiger partial charge on any atom is -0.484 e. The predicted octanol–water partition coefficient (Wildman–Crippen LogP) is 2.94. The second kappa shape index (κ2) is 10.3. The first-order valence-corrected chi connectivity index (χ1v) is 11.0. The summed E-state index contributed by atoms with van der Waals surface area (Å²) in [5.41, 5.74) is 1.84. The lowest BCUT2D eigenvalue weighted by molar-refractivity contribution is -0.153. The number of aliphatic imine (C=N–C) groups is 1. The second-order valence-corrected chi connectivity index (χ2v) is 8.58. The number of rotatable bonds is 8. The molecule has 0 aliphatic rings. The van der Waals surface area contributed by atoms with E-state index < -0.39 is 22.6 Å². The number of nitrogens with zero attached hydrogens (tertiary/aromatic N) is 1. The van der Waals surface area contributed by atoms with Crippen molar-refractivity contribution >= 4 is 15.8 Å². The number of guanidine groups is 1. The Bertz CT molecular complexity index is 942. The maximum Gasteiger partial charge on any atom is 0.422 e. The number of hydrogen-bond acceptors (Lipinski definition) is 4. The zero-order valence-electron chi connectivity index (χ0n) is 16.7. The number of alkyl halides is 3. The normalized spacial score (nSPS) is 12.5. The van der Waals surface area contributed by atoms with Gasteiger partial charge < -0.3 is 15.4 Å². The Balaban J connectivity index is 1.77. The van der Waals surface area contributed by atoms with E-state index >= 15 is 0 Å². The third-order valence-electron chi connectivity index (χ3n) is 4.07. The average Bonchev–Trinajstić information content (AvgIpc) is 2.69. The Labute approximate surface area is 174 Å². The van der Waals surface area contributed by atoms with Gasteiger partial charge in [-0.3, -0.25) is 4.99 Å². The molecule has 0 saturated heterocycles. The molecule has 0 heterocycles. The fraction of sp³-hybridized carbons (Fsp3) is 0.350. The summed E-state index contributed by atoms with van der Waals surface area (Å²) in [4.78, 5) is 4.40. The van der Waals surface area contributed by atoms with Crippen molar-refractivity contribution in [3.63, 3.8) is 0 Å². The van der Waals surface area contributed by atoms with Crippen LogP contribution in [0.3, 0.4) is 0 Å². The van der Waals surface area contributed by atoms with Crippen molar-refractivity contribution < 1.29 is 26.3 Å². The van der Waals surface area contributed by atoms with E-state index in [1.807, 2.05) is 0 Å². The molecule has 0 aliphatic heterocycles. The number of ether oxygens (including phenoxy) is 1. The highest BCUT2D eigenvalue weighted by molar-refractivity contribution is 7.90. The molecule has 164 valence electrons. The molecule has 0 fully saturated rings. The van der Waals surface area contributed by atoms with E-state index in [4.69, 9.17) is 0 Å². The van der Waals surface area contributed by atoms with E-state index in [9.17, 15) is 21.6 Å². The molecular formula is C20H24F3N3O3S. The van der Waals surface area contributed by atoms with Crippen LogP contribution in [-0.2, 0) is 22.8 Å². The average molecular weight is 443 g/mol. The summed E-state index contributed by atoms with van der Waals surface area (Å²) < 4.78 is 64.1. The Kier molecular flexibility index (Phi) is 8.10. The lowest BCUT2D eigenvalue weighted by Crippen LogP contribution is -2.37. The van der Waals surface area contributed by atoms with E-state index in [-0.39, 0.29) is 10.6 Å². The van der Waals surface area contributed by atoms with Crippen LogP contribution < -0.4 is 15.4 Å². The SMILES string of the molecule is CN=C(NCCc1ccc(S(C)(=O)=O)cc1)NCc1ccc(OCC(F)(F)F)cc1. The summed E-state index contributed by atoms with van der Waals surface area (Å²) in [6, 6.07) is 13.0. The van der Waals surface area contributed by atoms with Crippen LogP contribution in [0.25, 0.3) is 0 Å². The second-order valence-electron chi connectivity index (χ2n) is 6.57. The van der Waals surface area contributed by atoms with Gasteiger partial charge in [0.15, 0.2) is 22.4 Å². The third-order valence-corrected chi connectivity index (χ3v) is 5.20. The molecule has 0 atom stereocenters. The summed E-state index contributed by atoms with van der Waals surface area (Å²) >= 11 is 0. The van der Waals surface area contributed by atoms with Gasteiger partial charge in [-0.2, -0.15) is 13.2 Å². The first kappa shape index (κ1) is 23.5. The van der Waals surface area contributed by atoms with Gasteiger partial charge in [-0.1, -0.05) is 24.3 Å². The summed E-state index contributed by atoms with van der Waals surface area (Å²) in [6.07, 6.45) is -2.52. The first-order chi connectivity index (χ1) is 14.1. The molecule has 6 nitrogen and oxygen atoms in total. The number of benzene rings is 2. The van der Waals surface area contributed by atoms with E-state index in [0.29, 0.717) is 25.5 Å². The monoisotopic (exact) mass is 443 g/mol.